The van der Waals surface area contributed by atoms with Crippen LogP contribution in [0.4, 0.5) is 0 Å². The third kappa shape index (κ3) is 4.72. The third-order valence-electron chi connectivity index (χ3n) is 3.57. The SMILES string of the molecule is COCCOCOc1ccccc1COc1cc(Br)cc2[nH]ncc12. The summed E-state index contributed by atoms with van der Waals surface area (Å²) in [5.74, 6) is 1.49. The van der Waals surface area contributed by atoms with Crippen molar-refractivity contribution in [3.8, 4) is 11.5 Å². The van der Waals surface area contributed by atoms with E-state index in [4.69, 9.17) is 18.9 Å². The molecule has 0 unspecified atom stereocenters. The van der Waals surface area contributed by atoms with Gasteiger partial charge >= 0.3 is 0 Å². The fraction of sp³-hybridized carbons (Fsp3) is 0.278. The van der Waals surface area contributed by atoms with Crippen molar-refractivity contribution < 1.29 is 18.9 Å². The van der Waals surface area contributed by atoms with E-state index in [0.717, 1.165) is 32.4 Å². The van der Waals surface area contributed by atoms with Gasteiger partial charge in [0.25, 0.3) is 0 Å². The number of benzene rings is 2. The number of ether oxygens (including phenoxy) is 4. The normalized spacial score (nSPS) is 11.0. The lowest BCUT2D eigenvalue weighted by Gasteiger charge is -2.13. The number of aromatic amines is 1. The van der Waals surface area contributed by atoms with Gasteiger partial charge in [0.2, 0.25) is 0 Å². The molecule has 0 bridgehead atoms. The Morgan fingerprint density at radius 2 is 1.96 bits per heavy atom. The molecule has 1 aromatic heterocycles. The van der Waals surface area contributed by atoms with Gasteiger partial charge in [0.15, 0.2) is 6.79 Å². The molecule has 0 atom stereocenters. The van der Waals surface area contributed by atoms with Gasteiger partial charge in [-0.25, -0.2) is 0 Å². The zero-order valence-electron chi connectivity index (χ0n) is 13.8. The maximum absolute atomic E-state index is 6.00. The predicted octanol–water partition coefficient (Wildman–Crippen LogP) is 3.90. The van der Waals surface area contributed by atoms with Gasteiger partial charge in [-0.1, -0.05) is 34.1 Å². The van der Waals surface area contributed by atoms with E-state index in [2.05, 4.69) is 26.1 Å². The van der Waals surface area contributed by atoms with Crippen LogP contribution in [-0.4, -0.2) is 37.3 Å². The standard InChI is InChI=1S/C18H19BrN2O4/c1-22-6-7-23-12-25-17-5-3-2-4-13(17)11-24-18-9-14(19)8-16-15(18)10-20-21-16/h2-5,8-10H,6-7,11-12H2,1H3,(H,20,21). The number of aromatic nitrogens is 2. The van der Waals surface area contributed by atoms with E-state index in [0.29, 0.717) is 19.8 Å². The third-order valence-corrected chi connectivity index (χ3v) is 4.03. The summed E-state index contributed by atoms with van der Waals surface area (Å²) in [7, 11) is 1.63. The van der Waals surface area contributed by atoms with Crippen LogP contribution in [0.25, 0.3) is 10.9 Å². The highest BCUT2D eigenvalue weighted by Crippen LogP contribution is 2.30. The topological polar surface area (TPSA) is 65.6 Å². The molecule has 0 radical (unpaired) electrons. The van der Waals surface area contributed by atoms with Crippen molar-refractivity contribution in [3.63, 3.8) is 0 Å². The van der Waals surface area contributed by atoms with Crippen LogP contribution < -0.4 is 9.47 Å². The van der Waals surface area contributed by atoms with Crippen LogP contribution in [0, 0.1) is 0 Å². The molecular formula is C18H19BrN2O4. The molecule has 0 aliphatic heterocycles. The Kier molecular flexibility index (Phi) is 6.27. The molecule has 0 aliphatic carbocycles. The minimum atomic E-state index is 0.170. The zero-order valence-corrected chi connectivity index (χ0v) is 15.4. The number of nitrogens with one attached hydrogen (secondary N) is 1. The van der Waals surface area contributed by atoms with Crippen LogP contribution >= 0.6 is 15.9 Å². The molecule has 132 valence electrons. The molecule has 1 heterocycles. The largest absolute Gasteiger partial charge is 0.488 e. The summed E-state index contributed by atoms with van der Waals surface area (Å²) in [6, 6.07) is 11.6. The number of H-pyrrole nitrogens is 1. The lowest BCUT2D eigenvalue weighted by atomic mass is 10.2. The van der Waals surface area contributed by atoms with Crippen LogP contribution in [-0.2, 0) is 16.1 Å². The predicted molar refractivity (Wildman–Crippen MR) is 97.9 cm³/mol. The highest BCUT2D eigenvalue weighted by atomic mass is 79.9. The molecule has 0 saturated heterocycles. The fourth-order valence-electron chi connectivity index (χ4n) is 2.33. The minimum absolute atomic E-state index is 0.170. The van der Waals surface area contributed by atoms with Gasteiger partial charge in [-0.05, 0) is 18.2 Å². The van der Waals surface area contributed by atoms with Crippen LogP contribution in [0.5, 0.6) is 11.5 Å². The monoisotopic (exact) mass is 406 g/mol. The number of para-hydroxylation sites is 1. The number of hydrogen-bond acceptors (Lipinski definition) is 5. The lowest BCUT2D eigenvalue weighted by molar-refractivity contribution is -0.00918. The Labute approximate surface area is 154 Å². The van der Waals surface area contributed by atoms with Crippen molar-refractivity contribution >= 4 is 26.8 Å². The van der Waals surface area contributed by atoms with Gasteiger partial charge in [-0.15, -0.1) is 0 Å². The fourth-order valence-corrected chi connectivity index (χ4v) is 2.77. The molecule has 6 nitrogen and oxygen atoms in total. The summed E-state index contributed by atoms with van der Waals surface area (Å²) in [6.45, 7) is 1.58. The van der Waals surface area contributed by atoms with Crippen LogP contribution in [0.1, 0.15) is 5.56 Å². The quantitative estimate of drug-likeness (QED) is 0.431. The van der Waals surface area contributed by atoms with Crippen molar-refractivity contribution in [1.82, 2.24) is 10.2 Å². The van der Waals surface area contributed by atoms with E-state index < -0.39 is 0 Å². The molecule has 25 heavy (non-hydrogen) atoms. The molecule has 0 saturated carbocycles. The number of methoxy groups -OCH3 is 1. The Balaban J connectivity index is 1.65. The molecule has 0 fully saturated rings. The molecule has 0 aliphatic rings. The minimum Gasteiger partial charge on any atom is -0.488 e. The second kappa shape index (κ2) is 8.84. The number of rotatable bonds is 9. The van der Waals surface area contributed by atoms with Gasteiger partial charge in [0.1, 0.15) is 18.1 Å². The smallest absolute Gasteiger partial charge is 0.189 e. The number of hydrogen-bond donors (Lipinski definition) is 1. The summed E-state index contributed by atoms with van der Waals surface area (Å²) >= 11 is 3.48. The molecular weight excluding hydrogens is 388 g/mol. The maximum atomic E-state index is 6.00. The van der Waals surface area contributed by atoms with Crippen molar-refractivity contribution in [3.05, 3.63) is 52.6 Å². The van der Waals surface area contributed by atoms with Crippen LogP contribution in [0.3, 0.4) is 0 Å². The van der Waals surface area contributed by atoms with Gasteiger partial charge in [-0.2, -0.15) is 5.10 Å². The van der Waals surface area contributed by atoms with E-state index in [-0.39, 0.29) is 6.79 Å². The van der Waals surface area contributed by atoms with Crippen molar-refractivity contribution in [2.75, 3.05) is 27.1 Å². The van der Waals surface area contributed by atoms with E-state index in [9.17, 15) is 0 Å². The number of halogens is 1. The Morgan fingerprint density at radius 3 is 2.84 bits per heavy atom. The lowest BCUT2D eigenvalue weighted by Crippen LogP contribution is -2.09. The molecule has 2 aromatic carbocycles. The average Bonchev–Trinajstić information content (AvgIpc) is 3.08. The van der Waals surface area contributed by atoms with E-state index in [1.54, 1.807) is 13.3 Å². The second-order valence-electron chi connectivity index (χ2n) is 5.29. The van der Waals surface area contributed by atoms with E-state index in [1.807, 2.05) is 36.4 Å². The van der Waals surface area contributed by atoms with Gasteiger partial charge in [0, 0.05) is 17.1 Å². The highest BCUT2D eigenvalue weighted by Gasteiger charge is 2.09. The molecule has 0 amide bonds. The summed E-state index contributed by atoms with van der Waals surface area (Å²) < 4.78 is 22.9. The van der Waals surface area contributed by atoms with E-state index >= 15 is 0 Å². The first-order valence-corrected chi connectivity index (χ1v) is 8.60. The van der Waals surface area contributed by atoms with Gasteiger partial charge in [-0.3, -0.25) is 5.10 Å². The summed E-state index contributed by atoms with van der Waals surface area (Å²) in [6.07, 6.45) is 1.75. The Hall–Kier alpha value is -2.09. The Bertz CT molecular complexity index is 822. The van der Waals surface area contributed by atoms with Crippen molar-refractivity contribution in [1.29, 1.82) is 0 Å². The average molecular weight is 407 g/mol. The number of fused-ring (bicyclic) bond motifs is 1. The molecule has 3 rings (SSSR count). The van der Waals surface area contributed by atoms with Crippen LogP contribution in [0.2, 0.25) is 0 Å². The van der Waals surface area contributed by atoms with Gasteiger partial charge in [0.05, 0.1) is 30.3 Å². The first-order valence-electron chi connectivity index (χ1n) is 7.80. The number of nitrogens with zero attached hydrogens (tertiary/aromatic N) is 1. The van der Waals surface area contributed by atoms with Crippen molar-refractivity contribution in [2.24, 2.45) is 0 Å². The van der Waals surface area contributed by atoms with Crippen molar-refractivity contribution in [2.45, 2.75) is 6.61 Å². The van der Waals surface area contributed by atoms with Gasteiger partial charge < -0.3 is 18.9 Å². The summed E-state index contributed by atoms with van der Waals surface area (Å²) in [5.41, 5.74) is 1.86. The molecule has 0 spiro atoms. The Morgan fingerprint density at radius 1 is 1.08 bits per heavy atom. The highest BCUT2D eigenvalue weighted by molar-refractivity contribution is 9.10. The molecule has 1 N–H and O–H groups in total. The van der Waals surface area contributed by atoms with Crippen LogP contribution in [0.15, 0.2) is 47.1 Å². The first-order chi connectivity index (χ1) is 12.3. The summed E-state index contributed by atoms with van der Waals surface area (Å²) in [4.78, 5) is 0. The summed E-state index contributed by atoms with van der Waals surface area (Å²) in [5, 5.41) is 7.94. The molecule has 7 heteroatoms. The first kappa shape index (κ1) is 17.7. The zero-order chi connectivity index (χ0) is 17.5. The second-order valence-corrected chi connectivity index (χ2v) is 6.21. The van der Waals surface area contributed by atoms with E-state index in [1.165, 1.54) is 0 Å². The maximum Gasteiger partial charge on any atom is 0.189 e. The molecule has 3 aromatic rings.